The number of rotatable bonds is 4. The first-order chi connectivity index (χ1) is 14.8. The summed E-state index contributed by atoms with van der Waals surface area (Å²) in [5.74, 6) is -2.05. The Balaban J connectivity index is 1.56. The van der Waals surface area contributed by atoms with Crippen LogP contribution in [0.25, 0.3) is 5.69 Å². The molecule has 8 heteroatoms. The third-order valence-electron chi connectivity index (χ3n) is 5.04. The van der Waals surface area contributed by atoms with Gasteiger partial charge in [0.05, 0.1) is 11.4 Å². The highest BCUT2D eigenvalue weighted by atomic mass is 35.5. The Hall–Kier alpha value is -3.29. The van der Waals surface area contributed by atoms with E-state index in [1.807, 2.05) is 38.1 Å². The maximum atomic E-state index is 13.0. The monoisotopic (exact) mass is 450 g/mol. The molecule has 156 valence electrons. The quantitative estimate of drug-likeness (QED) is 0.361. The highest BCUT2D eigenvalue weighted by Crippen LogP contribution is 2.24. The van der Waals surface area contributed by atoms with Crippen molar-refractivity contribution in [1.29, 1.82) is 0 Å². The molecule has 1 aromatic heterocycles. The van der Waals surface area contributed by atoms with E-state index in [9.17, 15) is 9.59 Å². The number of halogens is 1. The molecule has 0 aliphatic carbocycles. The fourth-order valence-corrected chi connectivity index (χ4v) is 3.90. The van der Waals surface area contributed by atoms with Gasteiger partial charge in [0.1, 0.15) is 0 Å². The summed E-state index contributed by atoms with van der Waals surface area (Å²) in [6.45, 7) is 4.09. The van der Waals surface area contributed by atoms with Gasteiger partial charge in [0.2, 0.25) is 5.91 Å². The van der Waals surface area contributed by atoms with Gasteiger partial charge in [-0.1, -0.05) is 11.6 Å². The third kappa shape index (κ3) is 4.15. The van der Waals surface area contributed by atoms with E-state index in [-0.39, 0.29) is 5.11 Å². The molecule has 31 heavy (non-hydrogen) atoms. The van der Waals surface area contributed by atoms with E-state index >= 15 is 0 Å². The summed E-state index contributed by atoms with van der Waals surface area (Å²) in [7, 11) is 0. The maximum absolute atomic E-state index is 13.0. The van der Waals surface area contributed by atoms with E-state index in [0.717, 1.165) is 17.1 Å². The SMILES string of the molecule is Cc1ccc(C)n1-c1ccc(N=C[C@@H]2C(=O)NC(=S)N(c3ccc(Cl)cc3)C2=O)cc1. The predicted octanol–water partition coefficient (Wildman–Crippen LogP) is 4.51. The second-order valence-electron chi connectivity index (χ2n) is 7.17. The molecule has 2 amide bonds. The largest absolute Gasteiger partial charge is 0.319 e. The van der Waals surface area contributed by atoms with Crippen molar-refractivity contribution in [3.63, 3.8) is 0 Å². The van der Waals surface area contributed by atoms with Crippen molar-refractivity contribution in [3.05, 3.63) is 77.1 Å². The number of anilines is 1. The van der Waals surface area contributed by atoms with Crippen molar-refractivity contribution in [2.75, 3.05) is 4.90 Å². The first kappa shape index (κ1) is 21.0. The van der Waals surface area contributed by atoms with E-state index in [1.165, 1.54) is 11.1 Å². The fraction of sp³-hybridized carbons (Fsp3) is 0.130. The van der Waals surface area contributed by atoms with Gasteiger partial charge < -0.3 is 9.88 Å². The molecule has 1 N–H and O–H groups in total. The van der Waals surface area contributed by atoms with Gasteiger partial charge in [-0.15, -0.1) is 0 Å². The Bertz CT molecular complexity index is 1180. The number of aromatic nitrogens is 1. The third-order valence-corrected chi connectivity index (χ3v) is 5.58. The second kappa shape index (κ2) is 8.45. The summed E-state index contributed by atoms with van der Waals surface area (Å²) in [5.41, 5.74) is 4.45. The molecule has 1 saturated heterocycles. The number of nitrogens with one attached hydrogen (secondary N) is 1. The van der Waals surface area contributed by atoms with Crippen molar-refractivity contribution in [2.24, 2.45) is 10.9 Å². The molecular formula is C23H19ClN4O2S. The van der Waals surface area contributed by atoms with Gasteiger partial charge in [0.15, 0.2) is 11.0 Å². The number of hydrogen-bond donors (Lipinski definition) is 1. The van der Waals surface area contributed by atoms with Gasteiger partial charge in [-0.05, 0) is 86.7 Å². The molecule has 1 aliphatic heterocycles. The van der Waals surface area contributed by atoms with E-state index in [2.05, 4.69) is 27.0 Å². The Morgan fingerprint density at radius 2 is 1.52 bits per heavy atom. The normalized spacial score (nSPS) is 16.8. The van der Waals surface area contributed by atoms with E-state index in [4.69, 9.17) is 23.8 Å². The Kier molecular flexibility index (Phi) is 5.71. The van der Waals surface area contributed by atoms with Crippen LogP contribution in [0.2, 0.25) is 5.02 Å². The molecule has 0 unspecified atom stereocenters. The van der Waals surface area contributed by atoms with Crippen LogP contribution >= 0.6 is 23.8 Å². The molecule has 0 spiro atoms. The summed E-state index contributed by atoms with van der Waals surface area (Å²) in [5, 5.41) is 3.14. The van der Waals surface area contributed by atoms with Crippen molar-refractivity contribution in [1.82, 2.24) is 9.88 Å². The van der Waals surface area contributed by atoms with Crippen LogP contribution in [0.3, 0.4) is 0 Å². The number of thiocarbonyl (C=S) groups is 1. The van der Waals surface area contributed by atoms with E-state index in [0.29, 0.717) is 16.4 Å². The average Bonchev–Trinajstić information content (AvgIpc) is 3.07. The molecule has 6 nitrogen and oxygen atoms in total. The van der Waals surface area contributed by atoms with Crippen LogP contribution in [0, 0.1) is 19.8 Å². The summed E-state index contributed by atoms with van der Waals surface area (Å²) in [6.07, 6.45) is 1.35. The smallest absolute Gasteiger partial charge is 0.251 e. The van der Waals surface area contributed by atoms with Crippen LogP contribution in [-0.4, -0.2) is 27.7 Å². The molecule has 1 atom stereocenters. The Morgan fingerprint density at radius 1 is 0.935 bits per heavy atom. The number of carbonyl (C=O) groups is 2. The summed E-state index contributed by atoms with van der Waals surface area (Å²) < 4.78 is 2.14. The fourth-order valence-electron chi connectivity index (χ4n) is 3.48. The maximum Gasteiger partial charge on any atom is 0.251 e. The first-order valence-corrected chi connectivity index (χ1v) is 10.4. The number of aryl methyl sites for hydroxylation is 2. The van der Waals surface area contributed by atoms with Crippen LogP contribution in [0.4, 0.5) is 11.4 Å². The zero-order valence-electron chi connectivity index (χ0n) is 16.9. The van der Waals surface area contributed by atoms with E-state index < -0.39 is 17.7 Å². The lowest BCUT2D eigenvalue weighted by atomic mass is 10.1. The number of hydrogen-bond acceptors (Lipinski definition) is 4. The minimum atomic E-state index is -1.09. The topological polar surface area (TPSA) is 66.7 Å². The molecule has 2 aromatic carbocycles. The van der Waals surface area contributed by atoms with Crippen molar-refractivity contribution >= 4 is 58.3 Å². The Morgan fingerprint density at radius 3 is 2.13 bits per heavy atom. The lowest BCUT2D eigenvalue weighted by molar-refractivity contribution is -0.130. The highest BCUT2D eigenvalue weighted by Gasteiger charge is 2.38. The van der Waals surface area contributed by atoms with Gasteiger partial charge >= 0.3 is 0 Å². The van der Waals surface area contributed by atoms with Crippen molar-refractivity contribution in [2.45, 2.75) is 13.8 Å². The molecule has 4 rings (SSSR count). The number of aliphatic imine (C=N–C) groups is 1. The molecule has 1 fully saturated rings. The van der Waals surface area contributed by atoms with Crippen LogP contribution in [0.1, 0.15) is 11.4 Å². The molecule has 1 aliphatic rings. The van der Waals surface area contributed by atoms with Crippen LogP contribution < -0.4 is 10.2 Å². The van der Waals surface area contributed by atoms with Crippen LogP contribution in [0.15, 0.2) is 65.7 Å². The lowest BCUT2D eigenvalue weighted by Gasteiger charge is -2.30. The van der Waals surface area contributed by atoms with Gasteiger partial charge in [-0.25, -0.2) is 0 Å². The molecule has 0 bridgehead atoms. The zero-order valence-corrected chi connectivity index (χ0v) is 18.4. The van der Waals surface area contributed by atoms with Crippen LogP contribution in [0.5, 0.6) is 0 Å². The predicted molar refractivity (Wildman–Crippen MR) is 127 cm³/mol. The first-order valence-electron chi connectivity index (χ1n) is 9.59. The standard InChI is InChI=1S/C23H19ClN4O2S/c1-14-3-4-15(2)27(14)18-11-7-17(8-12-18)25-13-20-21(29)26-23(31)28(22(20)30)19-9-5-16(24)6-10-19/h3-13,20H,1-2H3,(H,26,29,31)/t20-/m1/s1. The lowest BCUT2D eigenvalue weighted by Crippen LogP contribution is -2.58. The molecular weight excluding hydrogens is 432 g/mol. The van der Waals surface area contributed by atoms with Crippen molar-refractivity contribution in [3.8, 4) is 5.69 Å². The molecule has 3 aromatic rings. The minimum Gasteiger partial charge on any atom is -0.319 e. The van der Waals surface area contributed by atoms with Gasteiger partial charge in [-0.2, -0.15) is 0 Å². The zero-order chi connectivity index (χ0) is 22.1. The number of nitrogens with zero attached hydrogens (tertiary/aromatic N) is 3. The van der Waals surface area contributed by atoms with Crippen molar-refractivity contribution < 1.29 is 9.59 Å². The van der Waals surface area contributed by atoms with Crippen LogP contribution in [-0.2, 0) is 9.59 Å². The van der Waals surface area contributed by atoms with E-state index in [1.54, 1.807) is 24.3 Å². The number of benzene rings is 2. The molecule has 2 heterocycles. The number of carbonyl (C=O) groups excluding carboxylic acids is 2. The summed E-state index contributed by atoms with van der Waals surface area (Å²) in [6, 6.07) is 18.4. The Labute approximate surface area is 190 Å². The molecule has 0 saturated carbocycles. The molecule has 0 radical (unpaired) electrons. The van der Waals surface area contributed by atoms with Gasteiger partial charge in [-0.3, -0.25) is 19.5 Å². The average molecular weight is 451 g/mol. The van der Waals surface area contributed by atoms with Gasteiger partial charge in [0, 0.05) is 28.3 Å². The second-order valence-corrected chi connectivity index (χ2v) is 7.99. The highest BCUT2D eigenvalue weighted by molar-refractivity contribution is 7.80. The minimum absolute atomic E-state index is 0.0313. The van der Waals surface area contributed by atoms with Gasteiger partial charge in [0.25, 0.3) is 5.91 Å². The summed E-state index contributed by atoms with van der Waals surface area (Å²) >= 11 is 11.1. The summed E-state index contributed by atoms with van der Waals surface area (Å²) in [4.78, 5) is 31.0. The number of amides is 2.